The molecule has 4 heteroatoms. The second-order valence-corrected chi connectivity index (χ2v) is 9.23. The Morgan fingerprint density at radius 2 is 1.59 bits per heavy atom. The van der Waals surface area contributed by atoms with Gasteiger partial charge in [0.2, 0.25) is 0 Å². The van der Waals surface area contributed by atoms with E-state index in [1.165, 1.54) is 49.0 Å². The average Bonchev–Trinajstić information content (AvgIpc) is 3.24. The summed E-state index contributed by atoms with van der Waals surface area (Å²) in [6, 6.07) is 9.65. The molecule has 2 aromatic rings. The maximum absolute atomic E-state index is 13.0. The van der Waals surface area contributed by atoms with Gasteiger partial charge in [0.05, 0.1) is 23.9 Å². The number of furan rings is 1. The van der Waals surface area contributed by atoms with Crippen LogP contribution in [0.4, 0.5) is 0 Å². The van der Waals surface area contributed by atoms with Crippen molar-refractivity contribution in [1.29, 1.82) is 0 Å². The highest BCUT2D eigenvalue weighted by atomic mass is 16.3. The lowest BCUT2D eigenvalue weighted by molar-refractivity contribution is -0.00520. The minimum Gasteiger partial charge on any atom is -0.467 e. The quantitative estimate of drug-likeness (QED) is 0.754. The molecule has 2 amide bonds. The van der Waals surface area contributed by atoms with Crippen LogP contribution in [0.5, 0.6) is 0 Å². The summed E-state index contributed by atoms with van der Waals surface area (Å²) in [6.45, 7) is 0.200. The lowest BCUT2D eigenvalue weighted by Gasteiger charge is -2.57. The van der Waals surface area contributed by atoms with Crippen LogP contribution in [-0.4, -0.2) is 16.7 Å². The Kier molecular flexibility index (Phi) is 3.10. The van der Waals surface area contributed by atoms with Gasteiger partial charge in [-0.3, -0.25) is 14.5 Å². The molecule has 4 bridgehead atoms. The van der Waals surface area contributed by atoms with Crippen LogP contribution in [0.25, 0.3) is 0 Å². The molecule has 4 saturated carbocycles. The Bertz CT molecular complexity index is 907. The summed E-state index contributed by atoms with van der Waals surface area (Å²) >= 11 is 0. The van der Waals surface area contributed by atoms with Crippen LogP contribution in [0.3, 0.4) is 0 Å². The Labute approximate surface area is 158 Å². The van der Waals surface area contributed by atoms with Crippen LogP contribution >= 0.6 is 0 Å². The number of rotatable bonds is 3. The lowest BCUT2D eigenvalue weighted by atomic mass is 9.48. The smallest absolute Gasteiger partial charge is 0.261 e. The first-order valence-electron chi connectivity index (χ1n) is 10.1. The van der Waals surface area contributed by atoms with Gasteiger partial charge in [-0.15, -0.1) is 0 Å². The highest BCUT2D eigenvalue weighted by Gasteiger charge is 2.52. The van der Waals surface area contributed by atoms with Gasteiger partial charge in [-0.2, -0.15) is 0 Å². The summed E-state index contributed by atoms with van der Waals surface area (Å²) in [5.41, 5.74) is 2.66. The molecule has 1 aromatic carbocycles. The van der Waals surface area contributed by atoms with Crippen molar-refractivity contribution in [3.63, 3.8) is 0 Å². The lowest BCUT2D eigenvalue weighted by Crippen LogP contribution is -2.48. The van der Waals surface area contributed by atoms with Crippen molar-refractivity contribution >= 4 is 11.8 Å². The highest BCUT2D eigenvalue weighted by Crippen LogP contribution is 2.60. The zero-order valence-electron chi connectivity index (χ0n) is 15.3. The number of amides is 2. The number of hydrogen-bond acceptors (Lipinski definition) is 3. The molecule has 2 heterocycles. The largest absolute Gasteiger partial charge is 0.467 e. The van der Waals surface area contributed by atoms with Gasteiger partial charge in [-0.1, -0.05) is 6.07 Å². The Morgan fingerprint density at radius 3 is 2.22 bits per heavy atom. The number of carbonyl (C=O) groups excluding carboxylic acids is 2. The van der Waals surface area contributed by atoms with Crippen molar-refractivity contribution in [2.24, 2.45) is 17.8 Å². The molecule has 4 nitrogen and oxygen atoms in total. The monoisotopic (exact) mass is 361 g/mol. The maximum atomic E-state index is 13.0. The van der Waals surface area contributed by atoms with Crippen LogP contribution < -0.4 is 0 Å². The predicted octanol–water partition coefficient (Wildman–Crippen LogP) is 4.54. The zero-order chi connectivity index (χ0) is 18.2. The fourth-order valence-corrected chi connectivity index (χ4v) is 6.79. The molecule has 27 heavy (non-hydrogen) atoms. The van der Waals surface area contributed by atoms with E-state index >= 15 is 0 Å². The van der Waals surface area contributed by atoms with Gasteiger partial charge in [0.25, 0.3) is 11.8 Å². The summed E-state index contributed by atoms with van der Waals surface area (Å²) in [5.74, 6) is 2.82. The molecule has 0 atom stereocenters. The molecule has 7 rings (SSSR count). The van der Waals surface area contributed by atoms with Gasteiger partial charge in [0.1, 0.15) is 5.76 Å². The normalized spacial score (nSPS) is 33.8. The van der Waals surface area contributed by atoms with Crippen molar-refractivity contribution in [2.45, 2.75) is 50.5 Å². The zero-order valence-corrected chi connectivity index (χ0v) is 15.3. The number of nitrogens with zero attached hydrogens (tertiary/aromatic N) is 1. The number of benzene rings is 1. The molecular formula is C23H23NO3. The summed E-state index contributed by atoms with van der Waals surface area (Å²) < 4.78 is 5.33. The van der Waals surface area contributed by atoms with Gasteiger partial charge >= 0.3 is 0 Å². The van der Waals surface area contributed by atoms with E-state index in [4.69, 9.17) is 4.42 Å². The van der Waals surface area contributed by atoms with Crippen LogP contribution in [0, 0.1) is 17.8 Å². The van der Waals surface area contributed by atoms with Crippen molar-refractivity contribution in [1.82, 2.24) is 4.90 Å². The van der Waals surface area contributed by atoms with Gasteiger partial charge < -0.3 is 4.42 Å². The second kappa shape index (κ2) is 5.34. The molecule has 0 spiro atoms. The van der Waals surface area contributed by atoms with Gasteiger partial charge in [-0.05, 0) is 91.5 Å². The van der Waals surface area contributed by atoms with Gasteiger partial charge in [0, 0.05) is 0 Å². The van der Waals surface area contributed by atoms with E-state index in [-0.39, 0.29) is 23.8 Å². The topological polar surface area (TPSA) is 50.5 Å². The Hall–Kier alpha value is -2.36. The molecule has 0 N–H and O–H groups in total. The van der Waals surface area contributed by atoms with E-state index in [1.807, 2.05) is 12.1 Å². The van der Waals surface area contributed by atoms with Crippen molar-refractivity contribution < 1.29 is 14.0 Å². The third-order valence-electron chi connectivity index (χ3n) is 7.52. The van der Waals surface area contributed by atoms with Crippen LogP contribution in [-0.2, 0) is 12.0 Å². The average molecular weight is 361 g/mol. The predicted molar refractivity (Wildman–Crippen MR) is 99.2 cm³/mol. The molecule has 0 radical (unpaired) electrons. The summed E-state index contributed by atoms with van der Waals surface area (Å²) in [4.78, 5) is 27.0. The summed E-state index contributed by atoms with van der Waals surface area (Å²) in [5, 5.41) is 0. The molecular weight excluding hydrogens is 338 g/mol. The molecule has 5 aliphatic rings. The van der Waals surface area contributed by atoms with Gasteiger partial charge in [0.15, 0.2) is 0 Å². The van der Waals surface area contributed by atoms with E-state index in [9.17, 15) is 9.59 Å². The van der Waals surface area contributed by atoms with E-state index < -0.39 is 0 Å². The highest BCUT2D eigenvalue weighted by molar-refractivity contribution is 6.21. The Morgan fingerprint density at radius 1 is 0.926 bits per heavy atom. The maximum Gasteiger partial charge on any atom is 0.261 e. The van der Waals surface area contributed by atoms with E-state index in [0.29, 0.717) is 16.9 Å². The fraction of sp³-hybridized carbons (Fsp3) is 0.478. The molecule has 1 aliphatic heterocycles. The molecule has 0 saturated heterocycles. The number of carbonyl (C=O) groups is 2. The summed E-state index contributed by atoms with van der Waals surface area (Å²) in [7, 11) is 0. The van der Waals surface area contributed by atoms with Crippen LogP contribution in [0.2, 0.25) is 0 Å². The van der Waals surface area contributed by atoms with Crippen molar-refractivity contribution in [3.05, 3.63) is 59.0 Å². The number of hydrogen-bond donors (Lipinski definition) is 0. The third-order valence-corrected chi connectivity index (χ3v) is 7.52. The SMILES string of the molecule is O=C1c2ccc(C34CC5CC(CC(C5)C3)C4)cc2C(=O)N1Cc1ccco1. The molecule has 1 aromatic heterocycles. The number of imide groups is 1. The number of fused-ring (bicyclic) bond motifs is 1. The third kappa shape index (κ3) is 2.22. The first-order chi connectivity index (χ1) is 13.1. The minimum atomic E-state index is -0.205. The molecule has 138 valence electrons. The van der Waals surface area contributed by atoms with E-state index in [0.717, 1.165) is 17.8 Å². The molecule has 0 unspecified atom stereocenters. The Balaban J connectivity index is 1.36. The van der Waals surface area contributed by atoms with Crippen LogP contribution in [0.1, 0.15) is 70.6 Å². The first-order valence-corrected chi connectivity index (χ1v) is 10.1. The minimum absolute atomic E-state index is 0.182. The molecule has 4 fully saturated rings. The molecule has 4 aliphatic carbocycles. The fourth-order valence-electron chi connectivity index (χ4n) is 6.79. The van der Waals surface area contributed by atoms with Crippen molar-refractivity contribution in [2.75, 3.05) is 0 Å². The second-order valence-electron chi connectivity index (χ2n) is 9.23. The van der Waals surface area contributed by atoms with E-state index in [2.05, 4.69) is 6.07 Å². The van der Waals surface area contributed by atoms with Crippen molar-refractivity contribution in [3.8, 4) is 0 Å². The van der Waals surface area contributed by atoms with E-state index in [1.54, 1.807) is 18.4 Å². The standard InChI is InChI=1S/C23H23NO3/c25-21-19-4-3-17(23-10-14-6-15(11-23)8-16(7-14)12-23)9-20(19)22(26)24(21)13-18-2-1-5-27-18/h1-5,9,14-16H,6-8,10-13H2. The van der Waals surface area contributed by atoms with Gasteiger partial charge in [-0.25, -0.2) is 0 Å². The first kappa shape index (κ1) is 15.7. The summed E-state index contributed by atoms with van der Waals surface area (Å²) in [6.07, 6.45) is 9.55. The van der Waals surface area contributed by atoms with Crippen LogP contribution in [0.15, 0.2) is 41.0 Å².